The van der Waals surface area contributed by atoms with E-state index in [1.54, 1.807) is 60.5 Å². The fourth-order valence-corrected chi connectivity index (χ4v) is 6.71. The molecule has 2 aromatic heterocycles. The van der Waals surface area contributed by atoms with Crippen molar-refractivity contribution in [2.24, 2.45) is 0 Å². The van der Waals surface area contributed by atoms with Crippen molar-refractivity contribution in [1.82, 2.24) is 39.6 Å². The molecule has 1 fully saturated rings. The number of methoxy groups -OCH3 is 1. The highest BCUT2D eigenvalue weighted by Gasteiger charge is 2.32. The number of benzene rings is 3. The summed E-state index contributed by atoms with van der Waals surface area (Å²) in [4.78, 5) is 24.4. The zero-order valence-corrected chi connectivity index (χ0v) is 29.0. The highest BCUT2D eigenvalue weighted by atomic mass is 35.5. The molecule has 1 atom stereocenters. The van der Waals surface area contributed by atoms with E-state index in [-0.39, 0.29) is 11.8 Å². The summed E-state index contributed by atoms with van der Waals surface area (Å²) in [5, 5.41) is 12.1. The summed E-state index contributed by atoms with van der Waals surface area (Å²) in [5.74, 6) is 0.401. The van der Waals surface area contributed by atoms with Gasteiger partial charge in [-0.1, -0.05) is 41.4 Å². The largest absolute Gasteiger partial charge is 0.496 e. The lowest BCUT2D eigenvalue weighted by Crippen LogP contribution is -2.35. The number of carbonyl (C=O) groups excluding carboxylic acids is 1. The van der Waals surface area contributed by atoms with E-state index in [0.717, 1.165) is 18.5 Å². The van der Waals surface area contributed by atoms with E-state index in [4.69, 9.17) is 27.9 Å². The number of tetrazole rings is 1. The number of aromatic nitrogens is 6. The van der Waals surface area contributed by atoms with Gasteiger partial charge in [0.2, 0.25) is 5.95 Å². The van der Waals surface area contributed by atoms with Crippen LogP contribution in [-0.4, -0.2) is 105 Å². The van der Waals surface area contributed by atoms with Crippen LogP contribution < -0.4 is 9.64 Å². The quantitative estimate of drug-likeness (QED) is 0.155. The smallest absolute Gasteiger partial charge is 0.406 e. The number of anilines is 1. The van der Waals surface area contributed by atoms with Crippen molar-refractivity contribution >= 4 is 46.1 Å². The van der Waals surface area contributed by atoms with E-state index in [9.17, 15) is 18.0 Å². The van der Waals surface area contributed by atoms with Gasteiger partial charge in [0.25, 0.3) is 5.91 Å². The number of halogens is 5. The van der Waals surface area contributed by atoms with Crippen LogP contribution in [0.2, 0.25) is 10.0 Å². The monoisotopic (exact) mass is 729 g/mol. The molecule has 5 aromatic rings. The van der Waals surface area contributed by atoms with Crippen molar-refractivity contribution in [3.8, 4) is 11.4 Å². The number of amides is 1. The molecule has 0 radical (unpaired) electrons. The molecule has 1 saturated heterocycles. The molecule has 16 heteroatoms. The first-order valence-corrected chi connectivity index (χ1v) is 16.9. The van der Waals surface area contributed by atoms with Gasteiger partial charge in [-0.3, -0.25) is 4.79 Å². The lowest BCUT2D eigenvalue weighted by Gasteiger charge is -2.28. The normalized spacial score (nSPS) is 14.9. The molecule has 0 aliphatic carbocycles. The Morgan fingerprint density at radius 1 is 1.02 bits per heavy atom. The molecule has 0 bridgehead atoms. The van der Waals surface area contributed by atoms with Crippen LogP contribution in [0.3, 0.4) is 0 Å². The van der Waals surface area contributed by atoms with Gasteiger partial charge in [-0.05, 0) is 84.4 Å². The molecular weight excluding hydrogens is 694 g/mol. The van der Waals surface area contributed by atoms with Gasteiger partial charge in [-0.2, -0.15) is 13.2 Å². The summed E-state index contributed by atoms with van der Waals surface area (Å²) in [5.41, 5.74) is 2.91. The average Bonchev–Trinajstić information content (AvgIpc) is 3.70. The topological polar surface area (TPSA) is 97.4 Å². The molecule has 0 N–H and O–H groups in total. The van der Waals surface area contributed by atoms with E-state index < -0.39 is 12.7 Å². The molecule has 6 rings (SSSR count). The minimum Gasteiger partial charge on any atom is -0.496 e. The lowest BCUT2D eigenvalue weighted by molar-refractivity contribution is -0.139. The van der Waals surface area contributed by atoms with Crippen LogP contribution >= 0.6 is 23.2 Å². The van der Waals surface area contributed by atoms with Crippen molar-refractivity contribution in [2.75, 3.05) is 58.3 Å². The van der Waals surface area contributed by atoms with Crippen LogP contribution in [0, 0.1) is 0 Å². The number of likely N-dealkylation sites (N-methyl/N-ethyl adjacent to an activating group) is 1. The number of hydrogen-bond acceptors (Lipinski definition) is 8. The third-order valence-corrected chi connectivity index (χ3v) is 9.66. The summed E-state index contributed by atoms with van der Waals surface area (Å²) < 4.78 is 49.1. The van der Waals surface area contributed by atoms with Gasteiger partial charge in [-0.15, -0.1) is 5.10 Å². The number of nitrogens with zero attached hydrogens (tertiary/aromatic N) is 9. The van der Waals surface area contributed by atoms with Crippen molar-refractivity contribution < 1.29 is 22.7 Å². The van der Waals surface area contributed by atoms with Gasteiger partial charge in [0, 0.05) is 39.1 Å². The molecule has 3 heterocycles. The Morgan fingerprint density at radius 3 is 2.58 bits per heavy atom. The fraction of sp³-hybridized carbons (Fsp3) is 0.382. The van der Waals surface area contributed by atoms with Crippen LogP contribution in [0.4, 0.5) is 19.1 Å². The summed E-state index contributed by atoms with van der Waals surface area (Å²) in [7, 11) is 3.25. The molecule has 0 spiro atoms. The van der Waals surface area contributed by atoms with Crippen LogP contribution in [0.5, 0.6) is 5.75 Å². The Balaban J connectivity index is 1.18. The molecule has 0 saturated carbocycles. The van der Waals surface area contributed by atoms with Gasteiger partial charge in [0.05, 0.1) is 39.4 Å². The van der Waals surface area contributed by atoms with Gasteiger partial charge >= 0.3 is 6.18 Å². The van der Waals surface area contributed by atoms with E-state index in [1.807, 2.05) is 17.0 Å². The van der Waals surface area contributed by atoms with Gasteiger partial charge in [0.1, 0.15) is 18.6 Å². The molecule has 1 aliphatic rings. The van der Waals surface area contributed by atoms with E-state index in [0.29, 0.717) is 83.2 Å². The first kappa shape index (κ1) is 35.4. The first-order valence-electron chi connectivity index (χ1n) is 16.1. The molecule has 1 aliphatic heterocycles. The minimum absolute atomic E-state index is 0.109. The van der Waals surface area contributed by atoms with Crippen molar-refractivity contribution in [3.63, 3.8) is 0 Å². The number of hydrogen-bond donors (Lipinski definition) is 0. The fourth-order valence-electron chi connectivity index (χ4n) is 6.41. The average molecular weight is 731 g/mol. The number of para-hydroxylation sites is 2. The Morgan fingerprint density at radius 2 is 1.84 bits per heavy atom. The summed E-state index contributed by atoms with van der Waals surface area (Å²) in [6.45, 7) is 2.47. The Bertz CT molecular complexity index is 1940. The van der Waals surface area contributed by atoms with Crippen LogP contribution in [0.25, 0.3) is 16.7 Å². The maximum absolute atomic E-state index is 13.9. The van der Waals surface area contributed by atoms with Gasteiger partial charge in [-0.25, -0.2) is 9.67 Å². The number of ether oxygens (including phenoxy) is 1. The Labute approximate surface area is 297 Å². The summed E-state index contributed by atoms with van der Waals surface area (Å²) in [6, 6.07) is 17.6. The number of rotatable bonds is 11. The SMILES string of the molecule is COc1ccc(-n2cnnn2)cc1C(=O)N(C)CC(CCN1CCCN(c2nc3ccccc3n2CC(F)(F)F)CC1)c1ccc(Cl)c(Cl)c1. The Hall–Kier alpha value is -4.40. The van der Waals surface area contributed by atoms with Crippen molar-refractivity contribution in [2.45, 2.75) is 31.5 Å². The van der Waals surface area contributed by atoms with E-state index in [1.165, 1.54) is 22.7 Å². The van der Waals surface area contributed by atoms with E-state index >= 15 is 0 Å². The Kier molecular flexibility index (Phi) is 10.8. The molecule has 1 unspecified atom stereocenters. The predicted molar refractivity (Wildman–Crippen MR) is 186 cm³/mol. The first-order chi connectivity index (χ1) is 24.0. The van der Waals surface area contributed by atoms with Crippen molar-refractivity contribution in [3.05, 3.63) is 88.2 Å². The molecular formula is C34H36Cl2F3N9O2. The molecule has 3 aromatic carbocycles. The van der Waals surface area contributed by atoms with Gasteiger partial charge < -0.3 is 24.0 Å². The van der Waals surface area contributed by atoms with Crippen LogP contribution in [-0.2, 0) is 6.54 Å². The zero-order valence-electron chi connectivity index (χ0n) is 27.5. The highest BCUT2D eigenvalue weighted by molar-refractivity contribution is 6.42. The minimum atomic E-state index is -4.38. The molecule has 50 heavy (non-hydrogen) atoms. The van der Waals surface area contributed by atoms with Crippen LogP contribution in [0.15, 0.2) is 67.0 Å². The second-order valence-electron chi connectivity index (χ2n) is 12.3. The molecule has 264 valence electrons. The third kappa shape index (κ3) is 8.14. The van der Waals surface area contributed by atoms with Gasteiger partial charge in [0.15, 0.2) is 0 Å². The molecule has 1 amide bonds. The summed E-state index contributed by atoms with van der Waals surface area (Å²) in [6.07, 6.45) is -1.50. The number of alkyl halides is 3. The van der Waals surface area contributed by atoms with Crippen LogP contribution in [0.1, 0.15) is 34.7 Å². The highest BCUT2D eigenvalue weighted by Crippen LogP contribution is 2.32. The third-order valence-electron chi connectivity index (χ3n) is 8.92. The van der Waals surface area contributed by atoms with E-state index in [2.05, 4.69) is 25.4 Å². The predicted octanol–water partition coefficient (Wildman–Crippen LogP) is 6.35. The number of carbonyl (C=O) groups is 1. The number of imidazole rings is 1. The van der Waals surface area contributed by atoms with Crippen molar-refractivity contribution in [1.29, 1.82) is 0 Å². The molecule has 11 nitrogen and oxygen atoms in total. The summed E-state index contributed by atoms with van der Waals surface area (Å²) >= 11 is 12.7. The maximum Gasteiger partial charge on any atom is 0.406 e. The maximum atomic E-state index is 13.9. The second-order valence-corrected chi connectivity index (χ2v) is 13.1. The zero-order chi connectivity index (χ0) is 35.4. The standard InChI is InChI=1S/C34H36Cl2F3N9O2/c1-44(32(49)26-19-25(9-11-31(26)50-2)48-22-40-42-43-48)20-24(23-8-10-27(35)28(36)18-23)12-15-45-13-5-14-46(17-16-45)33-41-29-6-3-4-7-30(29)47(33)21-34(37,38)39/h3-4,6-11,18-19,22,24H,5,12-17,20-21H2,1-2H3. The second kappa shape index (κ2) is 15.2. The lowest BCUT2D eigenvalue weighted by atomic mass is 9.94. The number of fused-ring (bicyclic) bond motifs is 1.